The lowest BCUT2D eigenvalue weighted by atomic mass is 10.0. The maximum atomic E-state index is 13.7. The van der Waals surface area contributed by atoms with Crippen molar-refractivity contribution in [2.45, 2.75) is 59.2 Å². The second-order valence-electron chi connectivity index (χ2n) is 9.04. The largest absolute Gasteiger partial charge is 0.352 e. The van der Waals surface area contributed by atoms with Gasteiger partial charge in [0.15, 0.2) is 0 Å². The summed E-state index contributed by atoms with van der Waals surface area (Å²) in [5.41, 5.74) is 1.69. The van der Waals surface area contributed by atoms with Crippen molar-refractivity contribution in [3.63, 3.8) is 0 Å². The number of nitrogens with zero attached hydrogens (tertiary/aromatic N) is 2. The molecule has 192 valence electrons. The molecule has 2 aromatic rings. The number of benzene rings is 2. The molecule has 7 nitrogen and oxygen atoms in total. The van der Waals surface area contributed by atoms with Gasteiger partial charge in [-0.05, 0) is 50.5 Å². The van der Waals surface area contributed by atoms with Crippen molar-refractivity contribution in [3.05, 3.63) is 63.6 Å². The van der Waals surface area contributed by atoms with Crippen LogP contribution >= 0.6 is 23.2 Å². The summed E-state index contributed by atoms with van der Waals surface area (Å²) < 4.78 is 26.7. The summed E-state index contributed by atoms with van der Waals surface area (Å²) in [4.78, 5) is 27.8. The predicted octanol–water partition coefficient (Wildman–Crippen LogP) is 4.82. The molecule has 0 bridgehead atoms. The van der Waals surface area contributed by atoms with Crippen molar-refractivity contribution < 1.29 is 18.0 Å². The number of sulfonamides is 1. The van der Waals surface area contributed by atoms with Crippen molar-refractivity contribution in [1.29, 1.82) is 0 Å². The third kappa shape index (κ3) is 7.59. The Balaban J connectivity index is 2.52. The van der Waals surface area contributed by atoms with Gasteiger partial charge >= 0.3 is 0 Å². The molecule has 2 aromatic carbocycles. The molecule has 0 radical (unpaired) electrons. The Bertz CT molecular complexity index is 1150. The van der Waals surface area contributed by atoms with Gasteiger partial charge in [-0.3, -0.25) is 13.9 Å². The third-order valence-corrected chi connectivity index (χ3v) is 7.33. The van der Waals surface area contributed by atoms with E-state index in [4.69, 9.17) is 23.2 Å². The molecule has 0 unspecified atom stereocenters. The number of carbonyl (C=O) groups excluding carboxylic acids is 2. The maximum absolute atomic E-state index is 13.7. The van der Waals surface area contributed by atoms with E-state index in [1.165, 1.54) is 4.90 Å². The van der Waals surface area contributed by atoms with Gasteiger partial charge in [0.25, 0.3) is 0 Å². The van der Waals surface area contributed by atoms with E-state index in [1.54, 1.807) is 37.3 Å². The molecule has 0 aliphatic rings. The SMILES string of the molecule is CC(C)NC(=O)[C@H](C)N(Cc1c(Cl)cccc1Cl)C(=O)CN(c1ccccc1C(C)C)S(C)(=O)=O. The van der Waals surface area contributed by atoms with E-state index in [0.29, 0.717) is 21.3 Å². The van der Waals surface area contributed by atoms with E-state index < -0.39 is 28.5 Å². The van der Waals surface area contributed by atoms with Gasteiger partial charge in [0.1, 0.15) is 12.6 Å². The van der Waals surface area contributed by atoms with Crippen LogP contribution in [0, 0.1) is 0 Å². The predicted molar refractivity (Wildman–Crippen MR) is 142 cm³/mol. The van der Waals surface area contributed by atoms with E-state index >= 15 is 0 Å². The standard InChI is InChI=1S/C25H33Cl2N3O4S/c1-16(2)19-10-7-8-13-23(19)30(35(6,33)34)15-24(31)29(18(5)25(32)28-17(3)4)14-20-21(26)11-9-12-22(20)27/h7-13,16-18H,14-15H2,1-6H3,(H,28,32)/t18-/m0/s1. The average molecular weight is 543 g/mol. The number of hydrogen-bond acceptors (Lipinski definition) is 4. The molecule has 10 heteroatoms. The average Bonchev–Trinajstić information content (AvgIpc) is 2.75. The second kappa shape index (κ2) is 12.1. The molecule has 2 amide bonds. The lowest BCUT2D eigenvalue weighted by molar-refractivity contribution is -0.139. The van der Waals surface area contributed by atoms with E-state index in [2.05, 4.69) is 5.32 Å². The van der Waals surface area contributed by atoms with Crippen LogP contribution in [0.25, 0.3) is 0 Å². The number of rotatable bonds is 10. The topological polar surface area (TPSA) is 86.8 Å². The van der Waals surface area contributed by atoms with Gasteiger partial charge in [0.05, 0.1) is 11.9 Å². The molecule has 0 heterocycles. The highest BCUT2D eigenvalue weighted by Gasteiger charge is 2.32. The fourth-order valence-electron chi connectivity index (χ4n) is 3.64. The van der Waals surface area contributed by atoms with E-state index in [1.807, 2.05) is 39.8 Å². The van der Waals surface area contributed by atoms with Crippen LogP contribution in [0.2, 0.25) is 10.0 Å². The number of carbonyl (C=O) groups is 2. The van der Waals surface area contributed by atoms with Crippen molar-refractivity contribution in [2.24, 2.45) is 0 Å². The van der Waals surface area contributed by atoms with Crippen LogP contribution in [0.1, 0.15) is 51.7 Å². The minimum absolute atomic E-state index is 0.0272. The molecule has 1 atom stereocenters. The van der Waals surface area contributed by atoms with Crippen LogP contribution in [0.5, 0.6) is 0 Å². The Morgan fingerprint density at radius 1 is 0.943 bits per heavy atom. The minimum Gasteiger partial charge on any atom is -0.352 e. The number of nitrogens with one attached hydrogen (secondary N) is 1. The summed E-state index contributed by atoms with van der Waals surface area (Å²) in [5.74, 6) is -0.902. The molecular weight excluding hydrogens is 509 g/mol. The van der Waals surface area contributed by atoms with E-state index in [-0.39, 0.29) is 24.4 Å². The lowest BCUT2D eigenvalue weighted by Crippen LogP contribution is -2.52. The van der Waals surface area contributed by atoms with Crippen molar-refractivity contribution in [2.75, 3.05) is 17.1 Å². The van der Waals surface area contributed by atoms with E-state index in [0.717, 1.165) is 16.1 Å². The molecule has 0 aliphatic carbocycles. The molecule has 0 saturated carbocycles. The smallest absolute Gasteiger partial charge is 0.244 e. The lowest BCUT2D eigenvalue weighted by Gasteiger charge is -2.33. The number of halogens is 2. The van der Waals surface area contributed by atoms with E-state index in [9.17, 15) is 18.0 Å². The highest BCUT2D eigenvalue weighted by Crippen LogP contribution is 2.30. The maximum Gasteiger partial charge on any atom is 0.244 e. The Labute approximate surface area is 218 Å². The molecule has 0 saturated heterocycles. The number of anilines is 1. The summed E-state index contributed by atoms with van der Waals surface area (Å²) in [7, 11) is -3.82. The molecule has 2 rings (SSSR count). The van der Waals surface area contributed by atoms with Crippen LogP contribution < -0.4 is 9.62 Å². The molecule has 0 fully saturated rings. The first-order chi connectivity index (χ1) is 16.2. The molecule has 35 heavy (non-hydrogen) atoms. The van der Waals surface area contributed by atoms with Crippen LogP contribution in [0.15, 0.2) is 42.5 Å². The Morgan fingerprint density at radius 3 is 2.03 bits per heavy atom. The molecule has 0 aromatic heterocycles. The fourth-order valence-corrected chi connectivity index (χ4v) is 5.02. The van der Waals surface area contributed by atoms with Crippen LogP contribution in [-0.2, 0) is 26.2 Å². The van der Waals surface area contributed by atoms with Gasteiger partial charge in [-0.25, -0.2) is 8.42 Å². The fraction of sp³-hybridized carbons (Fsp3) is 0.440. The van der Waals surface area contributed by atoms with Crippen LogP contribution in [0.4, 0.5) is 5.69 Å². The highest BCUT2D eigenvalue weighted by atomic mass is 35.5. The van der Waals surface area contributed by atoms with Gasteiger partial charge in [-0.15, -0.1) is 0 Å². The number of para-hydroxylation sites is 1. The zero-order chi connectivity index (χ0) is 26.5. The molecule has 0 spiro atoms. The normalized spacial score (nSPS) is 12.5. The monoisotopic (exact) mass is 541 g/mol. The quantitative estimate of drug-likeness (QED) is 0.466. The Morgan fingerprint density at radius 2 is 1.51 bits per heavy atom. The first kappa shape index (κ1) is 28.9. The Hall–Kier alpha value is -2.29. The summed E-state index contributed by atoms with van der Waals surface area (Å²) in [6.45, 7) is 8.58. The second-order valence-corrected chi connectivity index (χ2v) is 11.8. The van der Waals surface area contributed by atoms with Crippen molar-refractivity contribution in [3.8, 4) is 0 Å². The molecule has 1 N–H and O–H groups in total. The summed E-state index contributed by atoms with van der Waals surface area (Å²) in [6, 6.07) is 11.0. The van der Waals surface area contributed by atoms with Crippen LogP contribution in [-0.4, -0.2) is 50.0 Å². The first-order valence-electron chi connectivity index (χ1n) is 11.3. The third-order valence-electron chi connectivity index (χ3n) is 5.50. The summed E-state index contributed by atoms with van der Waals surface area (Å²) in [6.07, 6.45) is 1.06. The van der Waals surface area contributed by atoms with Gasteiger partial charge in [0.2, 0.25) is 21.8 Å². The summed E-state index contributed by atoms with van der Waals surface area (Å²) in [5, 5.41) is 3.49. The molecular formula is C25H33Cl2N3O4S. The van der Waals surface area contributed by atoms with Crippen molar-refractivity contribution in [1.82, 2.24) is 10.2 Å². The highest BCUT2D eigenvalue weighted by molar-refractivity contribution is 7.92. The molecule has 0 aliphatic heterocycles. The first-order valence-corrected chi connectivity index (χ1v) is 13.9. The van der Waals surface area contributed by atoms with Gasteiger partial charge in [0, 0.05) is 28.2 Å². The minimum atomic E-state index is -3.82. The number of amides is 2. The zero-order valence-electron chi connectivity index (χ0n) is 20.9. The van der Waals surface area contributed by atoms with Gasteiger partial charge in [-0.1, -0.05) is 61.3 Å². The van der Waals surface area contributed by atoms with Gasteiger partial charge in [-0.2, -0.15) is 0 Å². The van der Waals surface area contributed by atoms with Crippen molar-refractivity contribution >= 4 is 50.7 Å². The summed E-state index contributed by atoms with van der Waals surface area (Å²) >= 11 is 12.7. The zero-order valence-corrected chi connectivity index (χ0v) is 23.2. The van der Waals surface area contributed by atoms with Gasteiger partial charge < -0.3 is 10.2 Å². The Kier molecular flexibility index (Phi) is 10.0. The van der Waals surface area contributed by atoms with Crippen LogP contribution in [0.3, 0.4) is 0 Å². The number of hydrogen-bond donors (Lipinski definition) is 1.